The zero-order valence-corrected chi connectivity index (χ0v) is 20.4. The van der Waals surface area contributed by atoms with Crippen LogP contribution in [0.4, 0.5) is 0 Å². The van der Waals surface area contributed by atoms with Gasteiger partial charge in [0.1, 0.15) is 5.01 Å². The van der Waals surface area contributed by atoms with Crippen LogP contribution in [0.3, 0.4) is 0 Å². The van der Waals surface area contributed by atoms with E-state index in [0.717, 1.165) is 43.3 Å². The van der Waals surface area contributed by atoms with E-state index in [1.807, 2.05) is 65.5 Å². The summed E-state index contributed by atoms with van der Waals surface area (Å²) < 4.78 is 2.96. The highest BCUT2D eigenvalue weighted by Crippen LogP contribution is 2.34. The Morgan fingerprint density at radius 3 is 2.49 bits per heavy atom. The minimum atomic E-state index is -0.827. The normalized spacial score (nSPS) is 11.8. The van der Waals surface area contributed by atoms with Crippen molar-refractivity contribution in [3.63, 3.8) is 0 Å². The van der Waals surface area contributed by atoms with Gasteiger partial charge >= 0.3 is 5.97 Å². The third kappa shape index (κ3) is 4.93. The van der Waals surface area contributed by atoms with E-state index in [1.54, 1.807) is 11.3 Å². The molecule has 5 aromatic rings. The summed E-state index contributed by atoms with van der Waals surface area (Å²) in [5.41, 5.74) is 8.01. The molecule has 0 fully saturated rings. The van der Waals surface area contributed by atoms with Crippen LogP contribution in [-0.4, -0.2) is 25.8 Å². The lowest BCUT2D eigenvalue weighted by molar-refractivity contribution is -0.136. The van der Waals surface area contributed by atoms with Gasteiger partial charge in [0, 0.05) is 23.7 Å². The van der Waals surface area contributed by atoms with Crippen LogP contribution in [0.25, 0.3) is 38.8 Å². The van der Waals surface area contributed by atoms with Gasteiger partial charge in [-0.3, -0.25) is 4.79 Å². The average Bonchev–Trinajstić information content (AvgIpc) is 3.48. The molecule has 6 heteroatoms. The van der Waals surface area contributed by atoms with E-state index in [2.05, 4.69) is 38.1 Å². The van der Waals surface area contributed by atoms with Crippen LogP contribution >= 0.6 is 11.3 Å². The molecule has 0 unspecified atom stereocenters. The van der Waals surface area contributed by atoms with Gasteiger partial charge in [-0.05, 0) is 73.4 Å². The molecule has 174 valence electrons. The third-order valence-electron chi connectivity index (χ3n) is 6.05. The van der Waals surface area contributed by atoms with Gasteiger partial charge in [0.15, 0.2) is 0 Å². The van der Waals surface area contributed by atoms with Crippen LogP contribution in [0.1, 0.15) is 34.5 Å². The fraction of sp³-hybridized carbons (Fsp3) is 0.138. The molecule has 0 saturated carbocycles. The summed E-state index contributed by atoms with van der Waals surface area (Å²) in [6.45, 7) is 4.20. The first-order chi connectivity index (χ1) is 17.0. The standard InChI is InChI=1S/C29H25N3O2S/c1-19-12-13-21(16-20(19)2)28-23(18-32(31-28)24-8-4-3-5-9-24)17-22(14-15-27(33)34)29-30-25-10-6-7-11-26(25)35-29/h3-13,16-18H,14-15H2,1-2H3,(H,33,34)/b22-17-. The Bertz CT molecular complexity index is 1510. The van der Waals surface area contributed by atoms with Crippen molar-refractivity contribution < 1.29 is 9.90 Å². The molecule has 0 aliphatic heterocycles. The van der Waals surface area contributed by atoms with Gasteiger partial charge in [-0.1, -0.05) is 42.5 Å². The van der Waals surface area contributed by atoms with Gasteiger partial charge in [-0.15, -0.1) is 11.3 Å². The summed E-state index contributed by atoms with van der Waals surface area (Å²) in [6.07, 6.45) is 4.48. The molecule has 0 radical (unpaired) electrons. The SMILES string of the molecule is Cc1ccc(-c2nn(-c3ccccc3)cc2/C=C(/CCC(=O)O)c2nc3ccccc3s2)cc1C. The first-order valence-corrected chi connectivity index (χ1v) is 12.3. The van der Waals surface area contributed by atoms with Crippen molar-refractivity contribution in [1.29, 1.82) is 0 Å². The number of allylic oxidation sites excluding steroid dienone is 1. The number of hydrogen-bond acceptors (Lipinski definition) is 4. The highest BCUT2D eigenvalue weighted by molar-refractivity contribution is 7.19. The highest BCUT2D eigenvalue weighted by atomic mass is 32.1. The molecule has 0 aliphatic carbocycles. The minimum absolute atomic E-state index is 0.0353. The smallest absolute Gasteiger partial charge is 0.303 e. The molecular weight excluding hydrogens is 454 g/mol. The maximum atomic E-state index is 11.4. The van der Waals surface area contributed by atoms with Crippen LogP contribution in [0.15, 0.2) is 79.0 Å². The second-order valence-corrected chi connectivity index (χ2v) is 9.59. The van der Waals surface area contributed by atoms with E-state index < -0.39 is 5.97 Å². The largest absolute Gasteiger partial charge is 0.481 e. The maximum Gasteiger partial charge on any atom is 0.303 e. The second-order valence-electron chi connectivity index (χ2n) is 8.56. The molecule has 0 atom stereocenters. The summed E-state index contributed by atoms with van der Waals surface area (Å²) >= 11 is 1.59. The zero-order chi connectivity index (χ0) is 24.4. The summed E-state index contributed by atoms with van der Waals surface area (Å²) in [5, 5.41) is 15.2. The minimum Gasteiger partial charge on any atom is -0.481 e. The van der Waals surface area contributed by atoms with Crippen LogP contribution < -0.4 is 0 Å². The summed E-state index contributed by atoms with van der Waals surface area (Å²) in [5.74, 6) is -0.827. The van der Waals surface area contributed by atoms with E-state index in [4.69, 9.17) is 10.1 Å². The first-order valence-electron chi connectivity index (χ1n) is 11.5. The van der Waals surface area contributed by atoms with Gasteiger partial charge in [0.2, 0.25) is 0 Å². The number of carbonyl (C=O) groups is 1. The van der Waals surface area contributed by atoms with Gasteiger partial charge in [-0.25, -0.2) is 9.67 Å². The number of para-hydroxylation sites is 2. The summed E-state index contributed by atoms with van der Waals surface area (Å²) in [6, 6.07) is 24.3. The molecule has 2 heterocycles. The number of aliphatic carboxylic acids is 1. The monoisotopic (exact) mass is 479 g/mol. The number of rotatable bonds is 7. The molecule has 35 heavy (non-hydrogen) atoms. The Balaban J connectivity index is 1.67. The fourth-order valence-corrected chi connectivity index (χ4v) is 5.01. The zero-order valence-electron chi connectivity index (χ0n) is 19.6. The Morgan fingerprint density at radius 1 is 0.971 bits per heavy atom. The molecule has 0 amide bonds. The Labute approximate surface area is 208 Å². The second kappa shape index (κ2) is 9.68. The topological polar surface area (TPSA) is 68.0 Å². The quantitative estimate of drug-likeness (QED) is 0.269. The fourth-order valence-electron chi connectivity index (χ4n) is 4.00. The van der Waals surface area contributed by atoms with Crippen molar-refractivity contribution in [3.05, 3.63) is 101 Å². The van der Waals surface area contributed by atoms with Crippen molar-refractivity contribution in [2.75, 3.05) is 0 Å². The molecular formula is C29H25N3O2S. The number of aromatic nitrogens is 3. The predicted molar refractivity (Wildman–Crippen MR) is 143 cm³/mol. The van der Waals surface area contributed by atoms with Crippen molar-refractivity contribution in [2.45, 2.75) is 26.7 Å². The van der Waals surface area contributed by atoms with Gasteiger partial charge < -0.3 is 5.11 Å². The van der Waals surface area contributed by atoms with E-state index in [0.29, 0.717) is 6.42 Å². The van der Waals surface area contributed by atoms with Crippen LogP contribution in [0, 0.1) is 13.8 Å². The predicted octanol–water partition coefficient (Wildman–Crippen LogP) is 7.17. The number of nitrogens with zero attached hydrogens (tertiary/aromatic N) is 3. The Morgan fingerprint density at radius 2 is 1.74 bits per heavy atom. The molecule has 5 rings (SSSR count). The lowest BCUT2D eigenvalue weighted by Crippen LogP contribution is -1.95. The maximum absolute atomic E-state index is 11.4. The summed E-state index contributed by atoms with van der Waals surface area (Å²) in [7, 11) is 0. The van der Waals surface area contributed by atoms with Gasteiger partial charge in [0.05, 0.1) is 21.6 Å². The molecule has 1 N–H and O–H groups in total. The molecule has 0 aliphatic rings. The van der Waals surface area contributed by atoms with Crippen LogP contribution in [0.5, 0.6) is 0 Å². The first kappa shape index (κ1) is 22.7. The van der Waals surface area contributed by atoms with Crippen LogP contribution in [0.2, 0.25) is 0 Å². The number of thiazole rings is 1. The average molecular weight is 480 g/mol. The number of aryl methyl sites for hydroxylation is 2. The lowest BCUT2D eigenvalue weighted by Gasteiger charge is -2.06. The van der Waals surface area contributed by atoms with Crippen molar-refractivity contribution in [3.8, 4) is 16.9 Å². The van der Waals surface area contributed by atoms with E-state index in [9.17, 15) is 9.90 Å². The van der Waals surface area contributed by atoms with Crippen molar-refractivity contribution in [1.82, 2.24) is 14.8 Å². The number of carboxylic acids is 1. The number of benzene rings is 3. The Kier molecular flexibility index (Phi) is 6.29. The lowest BCUT2D eigenvalue weighted by atomic mass is 10.0. The number of fused-ring (bicyclic) bond motifs is 1. The van der Waals surface area contributed by atoms with Crippen molar-refractivity contribution in [2.24, 2.45) is 0 Å². The summed E-state index contributed by atoms with van der Waals surface area (Å²) in [4.78, 5) is 16.3. The molecule has 0 bridgehead atoms. The molecule has 0 spiro atoms. The molecule has 2 aromatic heterocycles. The van der Waals surface area contributed by atoms with Gasteiger partial charge in [0.25, 0.3) is 0 Å². The van der Waals surface area contributed by atoms with E-state index in [-0.39, 0.29) is 6.42 Å². The van der Waals surface area contributed by atoms with Gasteiger partial charge in [-0.2, -0.15) is 5.10 Å². The number of carboxylic acid groups (broad SMARTS) is 1. The van der Waals surface area contributed by atoms with E-state index >= 15 is 0 Å². The number of hydrogen-bond donors (Lipinski definition) is 1. The molecule has 3 aromatic carbocycles. The molecule has 0 saturated heterocycles. The highest BCUT2D eigenvalue weighted by Gasteiger charge is 2.16. The van der Waals surface area contributed by atoms with Crippen LogP contribution in [-0.2, 0) is 4.79 Å². The third-order valence-corrected chi connectivity index (χ3v) is 7.16. The Hall–Kier alpha value is -4.03. The molecule has 5 nitrogen and oxygen atoms in total. The van der Waals surface area contributed by atoms with E-state index in [1.165, 1.54) is 11.1 Å². The van der Waals surface area contributed by atoms with Crippen molar-refractivity contribution >= 4 is 39.2 Å².